The Morgan fingerprint density at radius 3 is 2.50 bits per heavy atom. The van der Waals surface area contributed by atoms with Crippen LogP contribution >= 0.6 is 0 Å². The van der Waals surface area contributed by atoms with E-state index in [4.69, 9.17) is 9.15 Å². The van der Waals surface area contributed by atoms with Gasteiger partial charge in [-0.1, -0.05) is 36.4 Å². The van der Waals surface area contributed by atoms with Crippen molar-refractivity contribution in [1.29, 1.82) is 0 Å². The van der Waals surface area contributed by atoms with E-state index in [-0.39, 0.29) is 23.9 Å². The molecule has 2 rings (SSSR count). The van der Waals surface area contributed by atoms with Gasteiger partial charge in [0.1, 0.15) is 0 Å². The summed E-state index contributed by atoms with van der Waals surface area (Å²) in [6.45, 7) is 1.96. The molecule has 0 fully saturated rings. The summed E-state index contributed by atoms with van der Waals surface area (Å²) >= 11 is 0. The first-order chi connectivity index (χ1) is 9.70. The van der Waals surface area contributed by atoms with Crippen molar-refractivity contribution in [3.8, 4) is 0 Å². The predicted octanol–water partition coefficient (Wildman–Crippen LogP) is 3.35. The summed E-state index contributed by atoms with van der Waals surface area (Å²) in [6, 6.07) is 12.3. The third-order valence-corrected chi connectivity index (χ3v) is 2.55. The third kappa shape index (κ3) is 3.45. The van der Waals surface area contributed by atoms with Crippen LogP contribution < -0.4 is 0 Å². The molecule has 0 saturated heterocycles. The zero-order chi connectivity index (χ0) is 14.4. The Morgan fingerprint density at radius 2 is 1.80 bits per heavy atom. The molecule has 0 amide bonds. The minimum atomic E-state index is -0.571. The lowest BCUT2D eigenvalue weighted by molar-refractivity contribution is 0.0488. The molecule has 0 unspecified atom stereocenters. The van der Waals surface area contributed by atoms with Gasteiger partial charge in [0, 0.05) is 0 Å². The standard InChI is InChI=1S/C16H14O4/c1-2-19-16(18)15-11-10-14(20-15)13(17)9-8-12-6-4-3-5-7-12/h3-11H,2H2,1H3. The number of ketones is 1. The van der Waals surface area contributed by atoms with E-state index in [1.165, 1.54) is 18.2 Å². The van der Waals surface area contributed by atoms with E-state index < -0.39 is 5.97 Å². The zero-order valence-corrected chi connectivity index (χ0v) is 11.0. The molecule has 0 spiro atoms. The highest BCUT2D eigenvalue weighted by atomic mass is 16.5. The summed E-state index contributed by atoms with van der Waals surface area (Å²) in [5.74, 6) is -0.730. The summed E-state index contributed by atoms with van der Waals surface area (Å²) in [6.07, 6.45) is 3.10. The average molecular weight is 270 g/mol. The lowest BCUT2D eigenvalue weighted by atomic mass is 10.2. The van der Waals surface area contributed by atoms with Gasteiger partial charge < -0.3 is 9.15 Å². The van der Waals surface area contributed by atoms with Gasteiger partial charge >= 0.3 is 5.97 Å². The number of hydrogen-bond donors (Lipinski definition) is 0. The van der Waals surface area contributed by atoms with Crippen LogP contribution in [0.5, 0.6) is 0 Å². The van der Waals surface area contributed by atoms with Crippen LogP contribution in [0.15, 0.2) is 53.0 Å². The maximum Gasteiger partial charge on any atom is 0.374 e. The molecule has 2 aromatic rings. The van der Waals surface area contributed by atoms with Gasteiger partial charge in [-0.15, -0.1) is 0 Å². The lowest BCUT2D eigenvalue weighted by Gasteiger charge is -1.96. The fraction of sp³-hybridized carbons (Fsp3) is 0.125. The highest BCUT2D eigenvalue weighted by molar-refractivity contribution is 6.05. The Bertz CT molecular complexity index is 623. The molecule has 0 radical (unpaired) electrons. The Hall–Kier alpha value is -2.62. The molecule has 4 nitrogen and oxygen atoms in total. The Balaban J connectivity index is 2.07. The van der Waals surface area contributed by atoms with Gasteiger partial charge in [0.15, 0.2) is 5.76 Å². The second-order valence-corrected chi connectivity index (χ2v) is 3.99. The molecule has 1 aromatic carbocycles. The van der Waals surface area contributed by atoms with Crippen LogP contribution in [0.1, 0.15) is 33.6 Å². The molecule has 1 aromatic heterocycles. The van der Waals surface area contributed by atoms with Crippen molar-refractivity contribution in [3.05, 3.63) is 65.6 Å². The highest BCUT2D eigenvalue weighted by Gasteiger charge is 2.14. The summed E-state index contributed by atoms with van der Waals surface area (Å²) in [7, 11) is 0. The number of esters is 1. The number of rotatable bonds is 5. The molecule has 0 aliphatic rings. The first-order valence-corrected chi connectivity index (χ1v) is 6.25. The van der Waals surface area contributed by atoms with Crippen LogP contribution in [0.2, 0.25) is 0 Å². The molecule has 0 aliphatic heterocycles. The zero-order valence-electron chi connectivity index (χ0n) is 11.0. The molecule has 4 heteroatoms. The van der Waals surface area contributed by atoms with Gasteiger partial charge in [0.25, 0.3) is 0 Å². The second-order valence-electron chi connectivity index (χ2n) is 3.99. The van der Waals surface area contributed by atoms with Crippen molar-refractivity contribution in [2.45, 2.75) is 6.92 Å². The molecule has 0 atom stereocenters. The molecular weight excluding hydrogens is 256 g/mol. The van der Waals surface area contributed by atoms with E-state index in [9.17, 15) is 9.59 Å². The highest BCUT2D eigenvalue weighted by Crippen LogP contribution is 2.11. The first-order valence-electron chi connectivity index (χ1n) is 6.25. The normalized spacial score (nSPS) is 10.7. The van der Waals surface area contributed by atoms with E-state index >= 15 is 0 Å². The van der Waals surface area contributed by atoms with Crippen molar-refractivity contribution in [2.75, 3.05) is 6.61 Å². The molecule has 0 N–H and O–H groups in total. The summed E-state index contributed by atoms with van der Waals surface area (Å²) in [5.41, 5.74) is 0.915. The number of ether oxygens (including phenoxy) is 1. The molecule has 102 valence electrons. The first kappa shape index (κ1) is 13.8. The van der Waals surface area contributed by atoms with Crippen molar-refractivity contribution in [2.24, 2.45) is 0 Å². The van der Waals surface area contributed by atoms with E-state index in [1.807, 2.05) is 30.3 Å². The van der Waals surface area contributed by atoms with Gasteiger partial charge in [-0.2, -0.15) is 0 Å². The van der Waals surface area contributed by atoms with Crippen molar-refractivity contribution in [1.82, 2.24) is 0 Å². The van der Waals surface area contributed by atoms with Crippen LogP contribution in [0, 0.1) is 0 Å². The van der Waals surface area contributed by atoms with Gasteiger partial charge in [-0.25, -0.2) is 4.79 Å². The maximum absolute atomic E-state index is 11.9. The van der Waals surface area contributed by atoms with Gasteiger partial charge in [-0.05, 0) is 30.7 Å². The number of carbonyl (C=O) groups excluding carboxylic acids is 2. The number of furan rings is 1. The largest absolute Gasteiger partial charge is 0.460 e. The minimum Gasteiger partial charge on any atom is -0.460 e. The SMILES string of the molecule is CCOC(=O)c1ccc(C(=O)C=Cc2ccccc2)o1. The van der Waals surface area contributed by atoms with Crippen molar-refractivity contribution < 1.29 is 18.7 Å². The number of allylic oxidation sites excluding steroid dienone is 1. The number of carbonyl (C=O) groups is 2. The minimum absolute atomic E-state index is 0.0308. The average Bonchev–Trinajstić information content (AvgIpc) is 2.96. The fourth-order valence-corrected chi connectivity index (χ4v) is 1.60. The molecule has 0 saturated carbocycles. The summed E-state index contributed by atoms with van der Waals surface area (Å²) in [5, 5.41) is 0. The summed E-state index contributed by atoms with van der Waals surface area (Å²) < 4.78 is 9.96. The van der Waals surface area contributed by atoms with Crippen molar-refractivity contribution >= 4 is 17.8 Å². The number of benzene rings is 1. The Morgan fingerprint density at radius 1 is 1.10 bits per heavy atom. The van der Waals surface area contributed by atoms with E-state index in [0.717, 1.165) is 5.56 Å². The van der Waals surface area contributed by atoms with Crippen LogP contribution in [0.25, 0.3) is 6.08 Å². The molecule has 20 heavy (non-hydrogen) atoms. The van der Waals surface area contributed by atoms with E-state index in [0.29, 0.717) is 0 Å². The second kappa shape index (κ2) is 6.52. The van der Waals surface area contributed by atoms with Gasteiger partial charge in [0.05, 0.1) is 6.61 Å². The molecular formula is C16H14O4. The Kier molecular flexibility index (Phi) is 4.50. The van der Waals surface area contributed by atoms with Crippen molar-refractivity contribution in [3.63, 3.8) is 0 Å². The summed E-state index contributed by atoms with van der Waals surface area (Å²) in [4.78, 5) is 23.3. The molecule has 1 heterocycles. The third-order valence-electron chi connectivity index (χ3n) is 2.55. The predicted molar refractivity (Wildman–Crippen MR) is 74.5 cm³/mol. The molecule has 0 aliphatic carbocycles. The van der Waals surface area contributed by atoms with Gasteiger partial charge in [0.2, 0.25) is 11.5 Å². The smallest absolute Gasteiger partial charge is 0.374 e. The van der Waals surface area contributed by atoms with Crippen LogP contribution in [0.4, 0.5) is 0 Å². The van der Waals surface area contributed by atoms with Crippen LogP contribution in [-0.2, 0) is 4.74 Å². The molecule has 0 bridgehead atoms. The maximum atomic E-state index is 11.9. The Labute approximate surface area is 116 Å². The quantitative estimate of drug-likeness (QED) is 0.475. The van der Waals surface area contributed by atoms with Crippen LogP contribution in [-0.4, -0.2) is 18.4 Å². The van der Waals surface area contributed by atoms with Gasteiger partial charge in [-0.3, -0.25) is 4.79 Å². The van der Waals surface area contributed by atoms with E-state index in [1.54, 1.807) is 13.0 Å². The van der Waals surface area contributed by atoms with E-state index in [2.05, 4.69) is 0 Å². The van der Waals surface area contributed by atoms with Crippen LogP contribution in [0.3, 0.4) is 0 Å². The lowest BCUT2D eigenvalue weighted by Crippen LogP contribution is -2.02. The topological polar surface area (TPSA) is 56.5 Å². The number of hydrogen-bond acceptors (Lipinski definition) is 4. The fourth-order valence-electron chi connectivity index (χ4n) is 1.60. The monoisotopic (exact) mass is 270 g/mol.